The van der Waals surface area contributed by atoms with Crippen LogP contribution in [-0.2, 0) is 10.8 Å². The first-order valence-corrected chi connectivity index (χ1v) is 18.8. The number of hydrogen-bond acceptors (Lipinski definition) is 2. The number of rotatable bonds is 4. The third-order valence-electron chi connectivity index (χ3n) is 12.1. The quantitative estimate of drug-likeness (QED) is 0.176. The first kappa shape index (κ1) is 31.9. The second kappa shape index (κ2) is 11.5. The molecule has 2 heteroatoms. The molecule has 5 aromatic carbocycles. The van der Waals surface area contributed by atoms with Gasteiger partial charge in [0.25, 0.3) is 0 Å². The number of hydrogen-bond donors (Lipinski definition) is 0. The van der Waals surface area contributed by atoms with Gasteiger partial charge in [0.1, 0.15) is 0 Å². The Bertz CT molecular complexity index is 2360. The van der Waals surface area contributed by atoms with E-state index in [1.807, 2.05) is 0 Å². The monoisotopic (exact) mass is 664 g/mol. The lowest BCUT2D eigenvalue weighted by Crippen LogP contribution is -2.44. The summed E-state index contributed by atoms with van der Waals surface area (Å²) in [6.45, 7) is 15.2. The van der Waals surface area contributed by atoms with Gasteiger partial charge in [-0.3, -0.25) is 0 Å². The van der Waals surface area contributed by atoms with Gasteiger partial charge in [-0.1, -0.05) is 119 Å². The van der Waals surface area contributed by atoms with Crippen molar-refractivity contribution in [3.63, 3.8) is 0 Å². The zero-order valence-electron chi connectivity index (χ0n) is 30.9. The molecule has 254 valence electrons. The summed E-state index contributed by atoms with van der Waals surface area (Å²) in [6, 6.07) is 36.9. The molecule has 0 bridgehead atoms. The molecule has 51 heavy (non-hydrogen) atoms. The van der Waals surface area contributed by atoms with Crippen LogP contribution in [0.2, 0.25) is 0 Å². The fraction of sp³-hybridized carbons (Fsp3) is 0.265. The topological polar surface area (TPSA) is 6.48 Å². The summed E-state index contributed by atoms with van der Waals surface area (Å²) in [6.07, 6.45) is 17.3. The molecule has 0 spiro atoms. The van der Waals surface area contributed by atoms with E-state index in [1.165, 1.54) is 78.0 Å². The lowest BCUT2D eigenvalue weighted by molar-refractivity contribution is 0.467. The standard InChI is InChI=1S/C49H48N2/c1-47(2)27-28-50(46-14-10-8-12-42(46)47)38-21-20-36-29-33(17-19-37(36)31-38)15-16-34-18-23-40-41-24-22-39(32-44(41)49(5,6)43(40)30-34)51-45-13-9-7-11-35(45)25-26-48(51,3)4/h8-10,12-26,29-32H,7,11,27-28H2,1-6H3/b16-15+. The molecule has 9 rings (SSSR count). The number of allylic oxidation sites excluding steroid dienone is 4. The van der Waals surface area contributed by atoms with Crippen LogP contribution in [0.5, 0.6) is 0 Å². The summed E-state index contributed by atoms with van der Waals surface area (Å²) in [5, 5.41) is 2.55. The van der Waals surface area contributed by atoms with Gasteiger partial charge in [0.2, 0.25) is 0 Å². The summed E-state index contributed by atoms with van der Waals surface area (Å²) < 4.78 is 0. The minimum atomic E-state index is -0.0929. The first-order chi connectivity index (χ1) is 24.5. The molecular weight excluding hydrogens is 617 g/mol. The molecule has 0 fully saturated rings. The van der Waals surface area contributed by atoms with Crippen LogP contribution < -0.4 is 9.80 Å². The number of fused-ring (bicyclic) bond motifs is 5. The largest absolute Gasteiger partial charge is 0.341 e. The van der Waals surface area contributed by atoms with E-state index in [0.29, 0.717) is 0 Å². The second-order valence-electron chi connectivity index (χ2n) is 16.8. The average molecular weight is 665 g/mol. The summed E-state index contributed by atoms with van der Waals surface area (Å²) in [5.41, 5.74) is 16.1. The fourth-order valence-electron chi connectivity index (χ4n) is 9.11. The zero-order chi connectivity index (χ0) is 35.1. The van der Waals surface area contributed by atoms with Crippen LogP contribution in [0.4, 0.5) is 17.1 Å². The van der Waals surface area contributed by atoms with E-state index in [4.69, 9.17) is 0 Å². The summed E-state index contributed by atoms with van der Waals surface area (Å²) >= 11 is 0. The van der Waals surface area contributed by atoms with Gasteiger partial charge < -0.3 is 9.80 Å². The van der Waals surface area contributed by atoms with Crippen molar-refractivity contribution in [1.29, 1.82) is 0 Å². The van der Waals surface area contributed by atoms with E-state index in [1.54, 1.807) is 0 Å². The maximum absolute atomic E-state index is 2.54. The van der Waals surface area contributed by atoms with Crippen molar-refractivity contribution in [2.24, 2.45) is 0 Å². The third kappa shape index (κ3) is 5.22. The number of para-hydroxylation sites is 1. The smallest absolute Gasteiger partial charge is 0.0580 e. The van der Waals surface area contributed by atoms with Crippen LogP contribution in [0.3, 0.4) is 0 Å². The van der Waals surface area contributed by atoms with Gasteiger partial charge in [-0.2, -0.15) is 0 Å². The van der Waals surface area contributed by atoms with Crippen molar-refractivity contribution in [3.8, 4) is 11.1 Å². The second-order valence-corrected chi connectivity index (χ2v) is 16.8. The Hall–Kier alpha value is -5.08. The van der Waals surface area contributed by atoms with Gasteiger partial charge in [-0.15, -0.1) is 0 Å². The van der Waals surface area contributed by atoms with Crippen LogP contribution in [-0.4, -0.2) is 12.1 Å². The van der Waals surface area contributed by atoms with E-state index in [2.05, 4.69) is 185 Å². The highest BCUT2D eigenvalue weighted by Crippen LogP contribution is 2.51. The van der Waals surface area contributed by atoms with Crippen molar-refractivity contribution in [3.05, 3.63) is 160 Å². The average Bonchev–Trinajstić information content (AvgIpc) is 3.35. The predicted octanol–water partition coefficient (Wildman–Crippen LogP) is 12.9. The molecule has 0 radical (unpaired) electrons. The molecule has 2 nitrogen and oxygen atoms in total. The van der Waals surface area contributed by atoms with Gasteiger partial charge >= 0.3 is 0 Å². The number of benzene rings is 5. The molecule has 2 aliphatic heterocycles. The lowest BCUT2D eigenvalue weighted by Gasteiger charge is -2.43. The molecule has 0 N–H and O–H groups in total. The maximum atomic E-state index is 2.54. The molecular formula is C49H48N2. The van der Waals surface area contributed by atoms with Gasteiger partial charge in [-0.25, -0.2) is 0 Å². The van der Waals surface area contributed by atoms with Crippen molar-refractivity contribution < 1.29 is 0 Å². The summed E-state index contributed by atoms with van der Waals surface area (Å²) in [4.78, 5) is 5.04. The highest BCUT2D eigenvalue weighted by molar-refractivity contribution is 5.90. The Morgan fingerprint density at radius 1 is 0.627 bits per heavy atom. The van der Waals surface area contributed by atoms with Gasteiger partial charge in [0.05, 0.1) is 5.54 Å². The normalized spacial score (nSPS) is 19.3. The molecule has 0 aromatic heterocycles. The van der Waals surface area contributed by atoms with E-state index in [0.717, 1.165) is 25.8 Å². The van der Waals surface area contributed by atoms with E-state index < -0.39 is 0 Å². The zero-order valence-corrected chi connectivity index (χ0v) is 30.9. The minimum Gasteiger partial charge on any atom is -0.341 e. The molecule has 0 unspecified atom stereocenters. The van der Waals surface area contributed by atoms with Crippen LogP contribution in [0, 0.1) is 0 Å². The van der Waals surface area contributed by atoms with Crippen LogP contribution in [0.1, 0.15) is 88.6 Å². The Kier molecular flexibility index (Phi) is 7.17. The van der Waals surface area contributed by atoms with Crippen molar-refractivity contribution in [2.75, 3.05) is 16.3 Å². The summed E-state index contributed by atoms with van der Waals surface area (Å²) in [7, 11) is 0. The van der Waals surface area contributed by atoms with Crippen molar-refractivity contribution >= 4 is 40.0 Å². The van der Waals surface area contributed by atoms with Crippen LogP contribution in [0.25, 0.3) is 34.1 Å². The summed E-state index contributed by atoms with van der Waals surface area (Å²) in [5.74, 6) is 0. The minimum absolute atomic E-state index is 0.0921. The van der Waals surface area contributed by atoms with Crippen molar-refractivity contribution in [1.82, 2.24) is 0 Å². The number of nitrogens with zero attached hydrogens (tertiary/aromatic N) is 2. The van der Waals surface area contributed by atoms with Crippen LogP contribution in [0.15, 0.2) is 133 Å². The first-order valence-electron chi connectivity index (χ1n) is 18.8. The Balaban J connectivity index is 0.980. The highest BCUT2D eigenvalue weighted by Gasteiger charge is 2.38. The molecule has 0 amide bonds. The van der Waals surface area contributed by atoms with Crippen molar-refractivity contribution in [2.45, 2.75) is 77.2 Å². The van der Waals surface area contributed by atoms with E-state index in [9.17, 15) is 0 Å². The van der Waals surface area contributed by atoms with Gasteiger partial charge in [-0.05, 0) is 136 Å². The fourth-order valence-corrected chi connectivity index (χ4v) is 9.11. The predicted molar refractivity (Wildman–Crippen MR) is 219 cm³/mol. The van der Waals surface area contributed by atoms with E-state index >= 15 is 0 Å². The SMILES string of the molecule is CC1(C)CCN(c2ccc3cc(/C=C/c4ccc5c(c4)C(C)(C)c4cc(N6C7=C(C=CC6(C)C)CCC=C7)ccc4-5)ccc3c2)c2ccccc21. The lowest BCUT2D eigenvalue weighted by atomic mass is 9.77. The van der Waals surface area contributed by atoms with Crippen LogP contribution >= 0.6 is 0 Å². The molecule has 0 saturated carbocycles. The molecule has 2 aliphatic carbocycles. The maximum Gasteiger partial charge on any atom is 0.0580 e. The van der Waals surface area contributed by atoms with Gasteiger partial charge in [0.15, 0.2) is 0 Å². The molecule has 4 aliphatic rings. The molecule has 2 heterocycles. The number of anilines is 3. The Morgan fingerprint density at radius 3 is 2.16 bits per heavy atom. The molecule has 5 aromatic rings. The highest BCUT2D eigenvalue weighted by atomic mass is 15.2. The molecule has 0 saturated heterocycles. The third-order valence-corrected chi connectivity index (χ3v) is 12.1. The molecule has 0 atom stereocenters. The van der Waals surface area contributed by atoms with E-state index in [-0.39, 0.29) is 16.4 Å². The Morgan fingerprint density at radius 2 is 1.31 bits per heavy atom. The Labute approximate surface area is 304 Å². The van der Waals surface area contributed by atoms with Gasteiger partial charge in [0, 0.05) is 34.7 Å².